The topological polar surface area (TPSA) is 57.6 Å². The van der Waals surface area contributed by atoms with E-state index in [1.807, 2.05) is 0 Å². The smallest absolute Gasteiger partial charge is 0.245 e. The zero-order valence-electron chi connectivity index (χ0n) is 9.47. The molecule has 0 aliphatic heterocycles. The van der Waals surface area contributed by atoms with Gasteiger partial charge in [-0.15, -0.1) is 11.3 Å². The van der Waals surface area contributed by atoms with Crippen LogP contribution in [-0.4, -0.2) is 37.0 Å². The molecule has 0 saturated heterocycles. The normalized spacial score (nSPS) is 17.1. The second-order valence-corrected chi connectivity index (χ2v) is 8.26. The van der Waals surface area contributed by atoms with E-state index >= 15 is 0 Å². The van der Waals surface area contributed by atoms with Crippen molar-refractivity contribution in [2.45, 2.75) is 30.2 Å². The van der Waals surface area contributed by atoms with E-state index in [0.29, 0.717) is 4.34 Å². The molecule has 1 aromatic heterocycles. The minimum Gasteiger partial charge on any atom is -0.395 e. The molecule has 102 valence electrons. The quantitative estimate of drug-likeness (QED) is 0.903. The fraction of sp³-hybridized carbons (Fsp3) is 0.600. The van der Waals surface area contributed by atoms with Crippen LogP contribution in [0.1, 0.15) is 19.3 Å². The fourth-order valence-corrected chi connectivity index (χ4v) is 5.69. The Bertz CT molecular complexity index is 525. The van der Waals surface area contributed by atoms with E-state index in [4.69, 9.17) is 28.3 Å². The van der Waals surface area contributed by atoms with E-state index < -0.39 is 10.0 Å². The van der Waals surface area contributed by atoms with Crippen molar-refractivity contribution in [3.63, 3.8) is 0 Å². The van der Waals surface area contributed by atoms with Crippen LogP contribution in [0.4, 0.5) is 0 Å². The molecule has 18 heavy (non-hydrogen) atoms. The van der Waals surface area contributed by atoms with Crippen LogP contribution < -0.4 is 0 Å². The lowest BCUT2D eigenvalue weighted by atomic mass is 9.93. The number of sulfonamides is 1. The van der Waals surface area contributed by atoms with Crippen LogP contribution in [0.25, 0.3) is 0 Å². The monoisotopic (exact) mass is 329 g/mol. The highest BCUT2D eigenvalue weighted by Gasteiger charge is 2.36. The first kappa shape index (κ1) is 14.6. The minimum atomic E-state index is -3.67. The molecular weight excluding hydrogens is 317 g/mol. The third kappa shape index (κ3) is 2.69. The summed E-state index contributed by atoms with van der Waals surface area (Å²) >= 11 is 12.7. The van der Waals surface area contributed by atoms with Crippen molar-refractivity contribution in [2.75, 3.05) is 13.2 Å². The van der Waals surface area contributed by atoms with E-state index in [-0.39, 0.29) is 28.4 Å². The van der Waals surface area contributed by atoms with Crippen molar-refractivity contribution in [1.82, 2.24) is 4.31 Å². The van der Waals surface area contributed by atoms with Gasteiger partial charge in [-0.2, -0.15) is 4.31 Å². The number of aliphatic hydroxyl groups is 1. The molecular formula is C10H13Cl2NO3S2. The first-order valence-corrected chi connectivity index (χ1v) is 8.55. The van der Waals surface area contributed by atoms with Gasteiger partial charge < -0.3 is 5.11 Å². The van der Waals surface area contributed by atoms with Crippen molar-refractivity contribution in [3.8, 4) is 0 Å². The van der Waals surface area contributed by atoms with Crippen molar-refractivity contribution >= 4 is 44.6 Å². The van der Waals surface area contributed by atoms with Crippen LogP contribution in [0.3, 0.4) is 0 Å². The van der Waals surface area contributed by atoms with Crippen LogP contribution in [0.15, 0.2) is 11.0 Å². The molecule has 0 amide bonds. The summed E-state index contributed by atoms with van der Waals surface area (Å²) in [4.78, 5) is 0.0412. The van der Waals surface area contributed by atoms with Gasteiger partial charge in [0.1, 0.15) is 9.23 Å². The van der Waals surface area contributed by atoms with Gasteiger partial charge in [0.15, 0.2) is 0 Å². The van der Waals surface area contributed by atoms with Gasteiger partial charge in [0, 0.05) is 12.6 Å². The summed E-state index contributed by atoms with van der Waals surface area (Å²) in [7, 11) is -3.67. The molecule has 0 bridgehead atoms. The van der Waals surface area contributed by atoms with E-state index in [1.54, 1.807) is 0 Å². The largest absolute Gasteiger partial charge is 0.395 e. The fourth-order valence-electron chi connectivity index (χ4n) is 1.90. The first-order chi connectivity index (χ1) is 8.46. The third-order valence-electron chi connectivity index (χ3n) is 3.01. The molecule has 1 fully saturated rings. The second-order valence-electron chi connectivity index (χ2n) is 4.11. The molecule has 4 nitrogen and oxygen atoms in total. The highest BCUT2D eigenvalue weighted by Crippen LogP contribution is 2.38. The minimum absolute atomic E-state index is 0.0307. The van der Waals surface area contributed by atoms with Crippen LogP contribution in [0.5, 0.6) is 0 Å². The lowest BCUT2D eigenvalue weighted by Gasteiger charge is -2.36. The number of hydrogen-bond donors (Lipinski definition) is 1. The molecule has 1 aliphatic rings. The molecule has 1 aromatic rings. The predicted molar refractivity (Wildman–Crippen MR) is 73.0 cm³/mol. The van der Waals surface area contributed by atoms with E-state index in [1.165, 1.54) is 10.4 Å². The number of aliphatic hydroxyl groups excluding tert-OH is 1. The standard InChI is InChI=1S/C10H13Cl2NO3S2/c11-9-6-8(10(12)17-9)18(15,16)13(4-5-14)7-2-1-3-7/h6-7,14H,1-5H2. The molecule has 0 radical (unpaired) electrons. The molecule has 2 rings (SSSR count). The Morgan fingerprint density at radius 1 is 1.44 bits per heavy atom. The zero-order chi connectivity index (χ0) is 13.3. The molecule has 0 aromatic carbocycles. The number of rotatable bonds is 5. The van der Waals surface area contributed by atoms with Crippen LogP contribution in [0.2, 0.25) is 8.67 Å². The summed E-state index contributed by atoms with van der Waals surface area (Å²) in [5, 5.41) is 9.03. The van der Waals surface area contributed by atoms with Gasteiger partial charge in [-0.25, -0.2) is 8.42 Å². The maximum Gasteiger partial charge on any atom is 0.245 e. The molecule has 8 heteroatoms. The van der Waals surface area contributed by atoms with E-state index in [9.17, 15) is 8.42 Å². The Morgan fingerprint density at radius 2 is 2.11 bits per heavy atom. The summed E-state index contributed by atoms with van der Waals surface area (Å²) in [6.45, 7) is -0.109. The summed E-state index contributed by atoms with van der Waals surface area (Å²) in [5.41, 5.74) is 0. The maximum absolute atomic E-state index is 12.5. The first-order valence-electron chi connectivity index (χ1n) is 5.54. The van der Waals surface area contributed by atoms with E-state index in [0.717, 1.165) is 30.6 Å². The number of thiophene rings is 1. The Labute approximate surface area is 120 Å². The number of hydrogen-bond acceptors (Lipinski definition) is 4. The number of nitrogens with zero attached hydrogens (tertiary/aromatic N) is 1. The van der Waals surface area contributed by atoms with Gasteiger partial charge >= 0.3 is 0 Å². The van der Waals surface area contributed by atoms with Crippen molar-refractivity contribution in [3.05, 3.63) is 14.7 Å². The predicted octanol–water partition coefficient (Wildman–Crippen LogP) is 2.59. The van der Waals surface area contributed by atoms with Crippen molar-refractivity contribution < 1.29 is 13.5 Å². The molecule has 0 spiro atoms. The lowest BCUT2D eigenvalue weighted by molar-refractivity contribution is 0.178. The summed E-state index contributed by atoms with van der Waals surface area (Å²) < 4.78 is 26.8. The van der Waals surface area contributed by atoms with Crippen LogP contribution in [-0.2, 0) is 10.0 Å². The molecule has 1 saturated carbocycles. The highest BCUT2D eigenvalue weighted by molar-refractivity contribution is 7.89. The SMILES string of the molecule is O=S(=O)(c1cc(Cl)sc1Cl)N(CCO)C1CCC1. The van der Waals surface area contributed by atoms with Gasteiger partial charge in [0.05, 0.1) is 10.9 Å². The summed E-state index contributed by atoms with van der Waals surface area (Å²) in [6, 6.07) is 1.34. The average Bonchev–Trinajstić information content (AvgIpc) is 2.55. The van der Waals surface area contributed by atoms with Crippen molar-refractivity contribution in [2.24, 2.45) is 0 Å². The third-order valence-corrected chi connectivity index (χ3v) is 6.72. The molecule has 1 N–H and O–H groups in total. The molecule has 0 unspecified atom stereocenters. The number of halogens is 2. The van der Waals surface area contributed by atoms with Gasteiger partial charge in [0.2, 0.25) is 10.0 Å². The highest BCUT2D eigenvalue weighted by atomic mass is 35.5. The van der Waals surface area contributed by atoms with Gasteiger partial charge in [-0.1, -0.05) is 29.6 Å². The lowest BCUT2D eigenvalue weighted by Crippen LogP contribution is -2.45. The second kappa shape index (κ2) is 5.64. The van der Waals surface area contributed by atoms with E-state index in [2.05, 4.69) is 0 Å². The van der Waals surface area contributed by atoms with Gasteiger partial charge in [-0.3, -0.25) is 0 Å². The zero-order valence-corrected chi connectivity index (χ0v) is 12.6. The summed E-state index contributed by atoms with van der Waals surface area (Å²) in [5.74, 6) is 0. The maximum atomic E-state index is 12.5. The van der Waals surface area contributed by atoms with Gasteiger partial charge in [-0.05, 0) is 18.9 Å². The Kier molecular flexibility index (Phi) is 4.57. The van der Waals surface area contributed by atoms with Gasteiger partial charge in [0.25, 0.3) is 0 Å². The summed E-state index contributed by atoms with van der Waals surface area (Å²) in [6.07, 6.45) is 2.67. The average molecular weight is 330 g/mol. The van der Waals surface area contributed by atoms with Crippen LogP contribution in [0, 0.1) is 0 Å². The van der Waals surface area contributed by atoms with Crippen LogP contribution >= 0.6 is 34.5 Å². The molecule has 0 atom stereocenters. The molecule has 1 aliphatic carbocycles. The Morgan fingerprint density at radius 3 is 2.50 bits per heavy atom. The Balaban J connectivity index is 2.35. The van der Waals surface area contributed by atoms with Crippen molar-refractivity contribution in [1.29, 1.82) is 0 Å². The molecule has 1 heterocycles. The Hall–Kier alpha value is 0.150.